The number of hydrogen-bond acceptors (Lipinski definition) is 4. The largest absolute Gasteiger partial charge is 0.497 e. The lowest BCUT2D eigenvalue weighted by molar-refractivity contribution is 0.393. The van der Waals surface area contributed by atoms with Crippen LogP contribution in [0.4, 0.5) is 10.1 Å². The van der Waals surface area contributed by atoms with Gasteiger partial charge in [-0.15, -0.1) is 0 Å². The normalized spacial score (nSPS) is 21.5. The summed E-state index contributed by atoms with van der Waals surface area (Å²) in [7, 11) is 5.13. The van der Waals surface area contributed by atoms with Crippen molar-refractivity contribution in [1.29, 1.82) is 0 Å². The van der Waals surface area contributed by atoms with Crippen LogP contribution in [0.2, 0.25) is 0 Å². The van der Waals surface area contributed by atoms with E-state index in [1.807, 2.05) is 30.3 Å². The van der Waals surface area contributed by atoms with Gasteiger partial charge in [0.15, 0.2) is 5.96 Å². The Labute approximate surface area is 183 Å². The number of methoxy groups -OCH3 is 2. The number of piperidine rings is 1. The molecule has 0 aromatic heterocycles. The topological polar surface area (TPSA) is 58.1 Å². The van der Waals surface area contributed by atoms with Gasteiger partial charge in [-0.1, -0.05) is 18.2 Å². The van der Waals surface area contributed by atoms with E-state index in [-0.39, 0.29) is 17.8 Å². The number of nitrogens with zero attached hydrogens (tertiary/aromatic N) is 2. The Morgan fingerprint density at radius 3 is 2.32 bits per heavy atom. The maximum absolute atomic E-state index is 14.0. The molecule has 0 spiro atoms. The third-order valence-corrected chi connectivity index (χ3v) is 6.18. The number of aliphatic imine (C=N–C) groups is 1. The summed E-state index contributed by atoms with van der Waals surface area (Å²) < 4.78 is 24.8. The molecule has 2 aromatic rings. The highest BCUT2D eigenvalue weighted by atomic mass is 19.1. The lowest BCUT2D eigenvalue weighted by Gasteiger charge is -2.34. The van der Waals surface area contributed by atoms with E-state index >= 15 is 0 Å². The Bertz CT molecular complexity index is 905. The van der Waals surface area contributed by atoms with Gasteiger partial charge < -0.3 is 25.0 Å². The van der Waals surface area contributed by atoms with E-state index in [4.69, 9.17) is 9.47 Å². The maximum atomic E-state index is 14.0. The SMILES string of the molecule is CN=C(NC1CCN(c2cc(OC)cc(OC)c2)CC1)NC1CC1c1ccccc1F. The van der Waals surface area contributed by atoms with Gasteiger partial charge in [0.05, 0.1) is 14.2 Å². The fourth-order valence-corrected chi connectivity index (χ4v) is 4.27. The molecule has 6 nitrogen and oxygen atoms in total. The van der Waals surface area contributed by atoms with Gasteiger partial charge in [-0.3, -0.25) is 4.99 Å². The van der Waals surface area contributed by atoms with Crippen LogP contribution in [0.15, 0.2) is 47.5 Å². The first-order valence-corrected chi connectivity index (χ1v) is 10.8. The molecule has 1 saturated carbocycles. The smallest absolute Gasteiger partial charge is 0.191 e. The van der Waals surface area contributed by atoms with Crippen molar-refractivity contribution in [3.05, 3.63) is 53.8 Å². The molecule has 2 atom stereocenters. The molecule has 1 aliphatic carbocycles. The zero-order chi connectivity index (χ0) is 21.8. The Balaban J connectivity index is 1.29. The number of guanidine groups is 1. The molecule has 1 saturated heterocycles. The fraction of sp³-hybridized carbons (Fsp3) is 0.458. The van der Waals surface area contributed by atoms with Gasteiger partial charge in [-0.2, -0.15) is 0 Å². The van der Waals surface area contributed by atoms with Gasteiger partial charge in [-0.25, -0.2) is 4.39 Å². The number of ether oxygens (including phenoxy) is 2. The van der Waals surface area contributed by atoms with Crippen LogP contribution in [0.3, 0.4) is 0 Å². The van der Waals surface area contributed by atoms with Crippen molar-refractivity contribution in [2.45, 2.75) is 37.3 Å². The zero-order valence-corrected chi connectivity index (χ0v) is 18.4. The second-order valence-corrected chi connectivity index (χ2v) is 8.16. The van der Waals surface area contributed by atoms with Crippen molar-refractivity contribution in [3.63, 3.8) is 0 Å². The van der Waals surface area contributed by atoms with Gasteiger partial charge in [0, 0.05) is 62.0 Å². The number of halogens is 1. The van der Waals surface area contributed by atoms with Gasteiger partial charge in [0.2, 0.25) is 0 Å². The van der Waals surface area contributed by atoms with Gasteiger partial charge in [0.25, 0.3) is 0 Å². The Kier molecular flexibility index (Phi) is 6.49. The Morgan fingerprint density at radius 2 is 1.71 bits per heavy atom. The molecule has 166 valence electrons. The van der Waals surface area contributed by atoms with Crippen LogP contribution in [0.1, 0.15) is 30.7 Å². The van der Waals surface area contributed by atoms with Crippen molar-refractivity contribution in [1.82, 2.24) is 10.6 Å². The molecule has 2 N–H and O–H groups in total. The summed E-state index contributed by atoms with van der Waals surface area (Å²) in [5.74, 6) is 2.48. The number of nitrogens with one attached hydrogen (secondary N) is 2. The highest BCUT2D eigenvalue weighted by Crippen LogP contribution is 2.41. The summed E-state index contributed by atoms with van der Waals surface area (Å²) in [6.07, 6.45) is 2.93. The summed E-state index contributed by atoms with van der Waals surface area (Å²) in [6.45, 7) is 1.87. The summed E-state index contributed by atoms with van der Waals surface area (Å²) in [5, 5.41) is 7.01. The minimum absolute atomic E-state index is 0.124. The average molecular weight is 427 g/mol. The zero-order valence-electron chi connectivity index (χ0n) is 18.4. The van der Waals surface area contributed by atoms with Crippen LogP contribution in [-0.4, -0.2) is 52.4 Å². The summed E-state index contributed by atoms with van der Waals surface area (Å²) >= 11 is 0. The quantitative estimate of drug-likeness (QED) is 0.547. The highest BCUT2D eigenvalue weighted by molar-refractivity contribution is 5.81. The fourth-order valence-electron chi connectivity index (χ4n) is 4.27. The van der Waals surface area contributed by atoms with E-state index in [9.17, 15) is 4.39 Å². The van der Waals surface area contributed by atoms with E-state index in [1.165, 1.54) is 6.07 Å². The molecule has 1 heterocycles. The molecule has 2 aromatic carbocycles. The van der Waals surface area contributed by atoms with Crippen molar-refractivity contribution in [3.8, 4) is 11.5 Å². The van der Waals surface area contributed by atoms with Gasteiger partial charge in [0.1, 0.15) is 17.3 Å². The molecule has 31 heavy (non-hydrogen) atoms. The molecule has 0 bridgehead atoms. The Hall–Kier alpha value is -2.96. The minimum atomic E-state index is -0.124. The van der Waals surface area contributed by atoms with Crippen molar-refractivity contribution >= 4 is 11.6 Å². The minimum Gasteiger partial charge on any atom is -0.497 e. The number of rotatable bonds is 6. The molecular weight excluding hydrogens is 395 g/mol. The lowest BCUT2D eigenvalue weighted by atomic mass is 10.0. The van der Waals surface area contributed by atoms with Crippen LogP contribution >= 0.6 is 0 Å². The maximum Gasteiger partial charge on any atom is 0.191 e. The lowest BCUT2D eigenvalue weighted by Crippen LogP contribution is -2.49. The van der Waals surface area contributed by atoms with Crippen LogP contribution in [-0.2, 0) is 0 Å². The van der Waals surface area contributed by atoms with Crippen molar-refractivity contribution in [2.24, 2.45) is 4.99 Å². The predicted molar refractivity (Wildman–Crippen MR) is 122 cm³/mol. The van der Waals surface area contributed by atoms with E-state index in [0.717, 1.165) is 61.1 Å². The summed E-state index contributed by atoms with van der Waals surface area (Å²) in [4.78, 5) is 6.75. The molecular formula is C24H31FN4O2. The van der Waals surface area contributed by atoms with Crippen LogP contribution in [0.25, 0.3) is 0 Å². The first-order chi connectivity index (χ1) is 15.1. The van der Waals surface area contributed by atoms with Gasteiger partial charge >= 0.3 is 0 Å². The summed E-state index contributed by atoms with van der Waals surface area (Å²) in [6, 6.07) is 13.6. The third-order valence-electron chi connectivity index (χ3n) is 6.18. The van der Waals surface area contributed by atoms with E-state index in [0.29, 0.717) is 6.04 Å². The molecule has 7 heteroatoms. The Morgan fingerprint density at radius 1 is 1.03 bits per heavy atom. The summed E-state index contributed by atoms with van der Waals surface area (Å²) in [5.41, 5.74) is 1.90. The molecule has 2 aliphatic rings. The average Bonchev–Trinajstić information content (AvgIpc) is 3.57. The number of hydrogen-bond donors (Lipinski definition) is 2. The van der Waals surface area contributed by atoms with Crippen LogP contribution in [0.5, 0.6) is 11.5 Å². The third kappa shape index (κ3) is 5.03. The molecule has 2 fully saturated rings. The monoisotopic (exact) mass is 426 g/mol. The second kappa shape index (κ2) is 9.45. The molecule has 0 radical (unpaired) electrons. The number of benzene rings is 2. The van der Waals surface area contributed by atoms with Crippen LogP contribution in [0, 0.1) is 5.82 Å². The highest BCUT2D eigenvalue weighted by Gasteiger charge is 2.40. The first-order valence-electron chi connectivity index (χ1n) is 10.8. The van der Waals surface area contributed by atoms with E-state index < -0.39 is 0 Å². The standard InChI is InChI=1S/C24H31FN4O2/c1-26-24(28-23-15-21(23)20-6-4-5-7-22(20)25)27-16-8-10-29(11-9-16)17-12-18(30-2)14-19(13-17)31-3/h4-7,12-14,16,21,23H,8-11,15H2,1-3H3,(H2,26,27,28). The molecule has 2 unspecified atom stereocenters. The van der Waals surface area contributed by atoms with E-state index in [1.54, 1.807) is 27.3 Å². The van der Waals surface area contributed by atoms with Crippen LogP contribution < -0.4 is 25.0 Å². The predicted octanol–water partition coefficient (Wildman–Crippen LogP) is 3.53. The van der Waals surface area contributed by atoms with Gasteiger partial charge in [-0.05, 0) is 30.9 Å². The molecule has 4 rings (SSSR count). The van der Waals surface area contributed by atoms with E-state index in [2.05, 4.69) is 20.5 Å². The molecule has 1 aliphatic heterocycles. The van der Waals surface area contributed by atoms with Crippen molar-refractivity contribution in [2.75, 3.05) is 39.3 Å². The number of anilines is 1. The molecule has 0 amide bonds. The first kappa shape index (κ1) is 21.3. The second-order valence-electron chi connectivity index (χ2n) is 8.16. The van der Waals surface area contributed by atoms with Crippen molar-refractivity contribution < 1.29 is 13.9 Å².